The zero-order valence-electron chi connectivity index (χ0n) is 15.6. The van der Waals surface area contributed by atoms with Crippen LogP contribution in [0.3, 0.4) is 0 Å². The normalized spacial score (nSPS) is 10.3. The minimum Gasteiger partial charge on any atom is -0.467 e. The number of anilines is 1. The molecule has 1 heterocycles. The maximum absolute atomic E-state index is 12.5. The molecule has 0 aliphatic carbocycles. The minimum absolute atomic E-state index is 0.134. The summed E-state index contributed by atoms with van der Waals surface area (Å²) in [5.41, 5.74) is 0.530. The number of furan rings is 1. The first-order chi connectivity index (χ1) is 14.4. The average Bonchev–Trinajstić information content (AvgIpc) is 3.23. The lowest BCUT2D eigenvalue weighted by Gasteiger charge is -2.13. The van der Waals surface area contributed by atoms with Crippen LogP contribution in [0.15, 0.2) is 39.8 Å². The van der Waals surface area contributed by atoms with Crippen LogP contribution < -0.4 is 15.8 Å². The van der Waals surface area contributed by atoms with E-state index in [0.29, 0.717) is 27.9 Å². The molecule has 2 rings (SSSR count). The average molecular weight is 459 g/mol. The monoisotopic (exact) mass is 458 g/mol. The molecule has 0 spiro atoms. The summed E-state index contributed by atoms with van der Waals surface area (Å²) < 4.78 is 10.3. The van der Waals surface area contributed by atoms with Crippen LogP contribution in [0, 0.1) is 10.1 Å². The Morgan fingerprint density at radius 3 is 2.83 bits per heavy atom. The molecule has 4 N–H and O–H groups in total. The number of carbonyl (C=O) groups excluding carboxylic acids is 2. The van der Waals surface area contributed by atoms with E-state index in [1.807, 2.05) is 0 Å². The highest BCUT2D eigenvalue weighted by atomic mass is 35.5. The van der Waals surface area contributed by atoms with Gasteiger partial charge in [0.2, 0.25) is 0 Å². The predicted molar refractivity (Wildman–Crippen MR) is 108 cm³/mol. The van der Waals surface area contributed by atoms with Gasteiger partial charge in [0.15, 0.2) is 6.61 Å². The quantitative estimate of drug-likeness (QED) is 0.142. The number of hydrogen-bond acceptors (Lipinski definition) is 10. The minimum atomic E-state index is -0.916. The molecular weight excluding hydrogens is 440 g/mol. The number of nitrogens with one attached hydrogen (secondary N) is 2. The van der Waals surface area contributed by atoms with E-state index in [1.165, 1.54) is 18.4 Å². The summed E-state index contributed by atoms with van der Waals surface area (Å²) in [7, 11) is 0. The number of nitrogens with two attached hydrogens (primary N) is 1. The third kappa shape index (κ3) is 7.46. The van der Waals surface area contributed by atoms with Gasteiger partial charge >= 0.3 is 5.97 Å². The Morgan fingerprint density at radius 2 is 2.17 bits per heavy atom. The Morgan fingerprint density at radius 1 is 1.37 bits per heavy atom. The van der Waals surface area contributed by atoms with E-state index < -0.39 is 23.6 Å². The summed E-state index contributed by atoms with van der Waals surface area (Å²) in [5.74, 6) is -0.671. The predicted octanol–water partition coefficient (Wildman–Crippen LogP) is 2.38. The lowest BCUT2D eigenvalue weighted by Crippen LogP contribution is -2.30. The fourth-order valence-electron chi connectivity index (χ4n) is 2.25. The van der Waals surface area contributed by atoms with Crippen LogP contribution in [0.5, 0.6) is 0 Å². The second-order valence-corrected chi connectivity index (χ2v) is 6.80. The van der Waals surface area contributed by atoms with Gasteiger partial charge in [0.25, 0.3) is 11.0 Å². The first-order valence-electron chi connectivity index (χ1n) is 8.58. The fourth-order valence-corrected chi connectivity index (χ4v) is 2.91. The molecule has 2 aromatic rings. The second-order valence-electron chi connectivity index (χ2n) is 5.72. The summed E-state index contributed by atoms with van der Waals surface area (Å²) in [6.45, 7) is -0.247. The molecule has 11 nitrogen and oxygen atoms in total. The van der Waals surface area contributed by atoms with Gasteiger partial charge < -0.3 is 24.6 Å². The van der Waals surface area contributed by atoms with Crippen molar-refractivity contribution in [1.29, 1.82) is 0 Å². The molecule has 0 radical (unpaired) electrons. The molecular formula is C17H19ClN4O7S. The Labute approximate surface area is 180 Å². The van der Waals surface area contributed by atoms with Crippen LogP contribution in [-0.2, 0) is 20.9 Å². The first kappa shape index (κ1) is 23.3. The first-order valence-corrected chi connectivity index (χ1v) is 9.84. The van der Waals surface area contributed by atoms with E-state index >= 15 is 0 Å². The van der Waals surface area contributed by atoms with Gasteiger partial charge in [-0.05, 0) is 42.6 Å². The van der Waals surface area contributed by atoms with Crippen molar-refractivity contribution in [1.82, 2.24) is 5.32 Å². The lowest BCUT2D eigenvalue weighted by molar-refractivity contribution is -0.757. The van der Waals surface area contributed by atoms with Gasteiger partial charge in [0, 0.05) is 11.4 Å². The summed E-state index contributed by atoms with van der Waals surface area (Å²) in [6.07, 6.45) is 1.76. The molecule has 0 saturated carbocycles. The third-order valence-electron chi connectivity index (χ3n) is 3.63. The van der Waals surface area contributed by atoms with E-state index in [1.54, 1.807) is 12.1 Å². The molecule has 0 atom stereocenters. The van der Waals surface area contributed by atoms with Crippen LogP contribution in [0.25, 0.3) is 0 Å². The van der Waals surface area contributed by atoms with Crippen molar-refractivity contribution in [2.75, 3.05) is 25.1 Å². The van der Waals surface area contributed by atoms with Crippen molar-refractivity contribution >= 4 is 41.1 Å². The second kappa shape index (κ2) is 11.9. The lowest BCUT2D eigenvalue weighted by atomic mass is 10.1. The van der Waals surface area contributed by atoms with Crippen molar-refractivity contribution in [2.45, 2.75) is 17.9 Å². The SMILES string of the molecule is NSc1cc(C(=O)OCC(=O)NCCCO[N+](=O)[O-])c(NCc2ccco2)cc1Cl. The zero-order valence-corrected chi connectivity index (χ0v) is 17.2. The number of esters is 1. The number of amides is 1. The van der Waals surface area contributed by atoms with E-state index in [2.05, 4.69) is 15.5 Å². The molecule has 0 bridgehead atoms. The standard InChI is InChI=1S/C17H19ClN4O7S/c18-13-8-14(21-9-11-3-1-5-27-11)12(7-15(13)30-19)17(24)28-10-16(23)20-4-2-6-29-22(25)26/h1,3,5,7-8,21H,2,4,6,9-10,19H2,(H,20,23). The number of hydrogen-bond donors (Lipinski definition) is 3. The highest BCUT2D eigenvalue weighted by Gasteiger charge is 2.18. The molecule has 0 aliphatic heterocycles. The molecule has 30 heavy (non-hydrogen) atoms. The summed E-state index contributed by atoms with van der Waals surface area (Å²) in [4.78, 5) is 38.9. The van der Waals surface area contributed by atoms with Gasteiger partial charge in [0.1, 0.15) is 5.76 Å². The van der Waals surface area contributed by atoms with Gasteiger partial charge in [-0.3, -0.25) is 9.93 Å². The maximum Gasteiger partial charge on any atom is 0.340 e. The topological polar surface area (TPSA) is 159 Å². The van der Waals surface area contributed by atoms with Crippen LogP contribution in [0.1, 0.15) is 22.5 Å². The highest BCUT2D eigenvalue weighted by Crippen LogP contribution is 2.31. The summed E-state index contributed by atoms with van der Waals surface area (Å²) >= 11 is 7.03. The molecule has 0 saturated heterocycles. The van der Waals surface area contributed by atoms with Gasteiger partial charge in [-0.25, -0.2) is 4.79 Å². The van der Waals surface area contributed by atoms with Crippen LogP contribution in [-0.4, -0.2) is 36.7 Å². The molecule has 162 valence electrons. The number of halogens is 1. The molecule has 0 aliphatic rings. The highest BCUT2D eigenvalue weighted by molar-refractivity contribution is 7.97. The molecule has 13 heteroatoms. The maximum atomic E-state index is 12.5. The fraction of sp³-hybridized carbons (Fsp3) is 0.294. The molecule has 1 aromatic carbocycles. The van der Waals surface area contributed by atoms with Crippen molar-refractivity contribution in [3.63, 3.8) is 0 Å². The van der Waals surface area contributed by atoms with Crippen molar-refractivity contribution < 1.29 is 28.7 Å². The van der Waals surface area contributed by atoms with Crippen molar-refractivity contribution in [2.24, 2.45) is 5.14 Å². The largest absolute Gasteiger partial charge is 0.467 e. The third-order valence-corrected chi connectivity index (χ3v) is 4.64. The number of carbonyl (C=O) groups is 2. The summed E-state index contributed by atoms with van der Waals surface area (Å²) in [5, 5.41) is 20.5. The van der Waals surface area contributed by atoms with Crippen LogP contribution in [0.2, 0.25) is 5.02 Å². The molecule has 1 aromatic heterocycles. The van der Waals surface area contributed by atoms with E-state index in [9.17, 15) is 19.7 Å². The molecule has 0 fully saturated rings. The smallest absolute Gasteiger partial charge is 0.340 e. The Balaban J connectivity index is 1.94. The number of ether oxygens (including phenoxy) is 1. The molecule has 0 unspecified atom stereocenters. The van der Waals surface area contributed by atoms with E-state index in [-0.39, 0.29) is 25.1 Å². The Kier molecular flexibility index (Phi) is 9.25. The van der Waals surface area contributed by atoms with Crippen molar-refractivity contribution in [3.8, 4) is 0 Å². The van der Waals surface area contributed by atoms with Gasteiger partial charge in [-0.1, -0.05) is 11.6 Å². The van der Waals surface area contributed by atoms with E-state index in [4.69, 9.17) is 25.9 Å². The van der Waals surface area contributed by atoms with Gasteiger partial charge in [-0.2, -0.15) is 0 Å². The van der Waals surface area contributed by atoms with E-state index in [0.717, 1.165) is 11.9 Å². The Hall–Kier alpha value is -2.96. The van der Waals surface area contributed by atoms with Gasteiger partial charge in [0.05, 0.1) is 35.7 Å². The number of nitrogens with zero attached hydrogens (tertiary/aromatic N) is 1. The number of rotatable bonds is 12. The van der Waals surface area contributed by atoms with Gasteiger partial charge in [-0.15, -0.1) is 10.1 Å². The zero-order chi connectivity index (χ0) is 21.9. The van der Waals surface area contributed by atoms with Crippen LogP contribution in [0.4, 0.5) is 5.69 Å². The Bertz CT molecular complexity index is 879. The summed E-state index contributed by atoms with van der Waals surface area (Å²) in [6, 6.07) is 6.49. The molecule has 1 amide bonds. The van der Waals surface area contributed by atoms with Crippen LogP contribution >= 0.6 is 23.5 Å². The van der Waals surface area contributed by atoms with Crippen molar-refractivity contribution in [3.05, 3.63) is 57.0 Å². The number of benzene rings is 1.